The van der Waals surface area contributed by atoms with Crippen molar-refractivity contribution in [2.75, 3.05) is 13.7 Å². The van der Waals surface area contributed by atoms with Crippen molar-refractivity contribution in [1.29, 1.82) is 0 Å². The van der Waals surface area contributed by atoms with Crippen molar-refractivity contribution < 1.29 is 14.4 Å². The number of nitro groups is 1. The molecule has 0 N–H and O–H groups in total. The van der Waals surface area contributed by atoms with Gasteiger partial charge < -0.3 is 9.47 Å². The molecule has 4 rings (SSSR count). The molecule has 0 aliphatic carbocycles. The molecule has 8 nitrogen and oxygen atoms in total. The Morgan fingerprint density at radius 1 is 0.943 bits per heavy atom. The summed E-state index contributed by atoms with van der Waals surface area (Å²) in [5, 5.41) is 20.1. The summed E-state index contributed by atoms with van der Waals surface area (Å²) in [5.41, 5.74) is 3.95. The third kappa shape index (κ3) is 6.19. The second-order valence-corrected chi connectivity index (χ2v) is 9.20. The number of rotatable bonds is 10. The number of aryl methyl sites for hydroxylation is 2. The summed E-state index contributed by atoms with van der Waals surface area (Å²) in [7, 11) is 1.61. The number of hydrogen-bond donors (Lipinski definition) is 0. The molecule has 9 heteroatoms. The molecule has 3 aromatic carbocycles. The molecule has 0 unspecified atom stereocenters. The molecule has 0 radical (unpaired) electrons. The molecule has 1 aromatic heterocycles. The molecule has 0 spiro atoms. The maximum Gasteiger partial charge on any atom is 0.220 e. The maximum absolute atomic E-state index is 11.5. The van der Waals surface area contributed by atoms with Crippen molar-refractivity contribution in [3.8, 4) is 17.2 Å². The van der Waals surface area contributed by atoms with Gasteiger partial charge in [0.1, 0.15) is 29.2 Å². The van der Waals surface area contributed by atoms with Crippen LogP contribution in [0.15, 0.2) is 78.0 Å². The van der Waals surface area contributed by atoms with Crippen LogP contribution in [0.25, 0.3) is 5.69 Å². The molecule has 0 fully saturated rings. The molecule has 0 saturated carbocycles. The van der Waals surface area contributed by atoms with E-state index in [9.17, 15) is 10.1 Å². The van der Waals surface area contributed by atoms with Crippen molar-refractivity contribution in [1.82, 2.24) is 14.8 Å². The first-order valence-corrected chi connectivity index (χ1v) is 11.9. The Balaban J connectivity index is 1.52. The van der Waals surface area contributed by atoms with E-state index in [1.807, 2.05) is 91.2 Å². The molecule has 0 bridgehead atoms. The second-order valence-electron chi connectivity index (χ2n) is 8.03. The first kappa shape index (κ1) is 24.3. The second kappa shape index (κ2) is 11.1. The number of hydrogen-bond acceptors (Lipinski definition) is 7. The first-order chi connectivity index (χ1) is 16.9. The summed E-state index contributed by atoms with van der Waals surface area (Å²) in [5.74, 6) is 2.14. The molecular formula is C26H26N4O4S. The predicted molar refractivity (Wildman–Crippen MR) is 135 cm³/mol. The Morgan fingerprint density at radius 2 is 1.60 bits per heavy atom. The lowest BCUT2D eigenvalue weighted by Crippen LogP contribution is -2.11. The highest BCUT2D eigenvalue weighted by molar-refractivity contribution is 7.99. The number of ether oxygens (including phenoxy) is 2. The smallest absolute Gasteiger partial charge is 0.220 e. The fourth-order valence-electron chi connectivity index (χ4n) is 3.55. The lowest BCUT2D eigenvalue weighted by molar-refractivity contribution is -0.479. The van der Waals surface area contributed by atoms with Crippen LogP contribution in [0.1, 0.15) is 27.8 Å². The van der Waals surface area contributed by atoms with Crippen LogP contribution in [0, 0.1) is 24.0 Å². The topological polar surface area (TPSA) is 92.3 Å². The standard InChI is InChI=1S/C26H26N4O4S/c1-18-4-6-20(7-5-18)17-34-24-12-8-21(9-13-24)25(16-29(31)32)35-26-28-27-19(2)30(26)22-10-14-23(33-3)15-11-22/h4-15,25H,16-17H2,1-3H3/t25-/m0/s1. The molecule has 0 aliphatic heterocycles. The maximum atomic E-state index is 11.5. The van der Waals surface area contributed by atoms with Gasteiger partial charge in [0, 0.05) is 10.6 Å². The first-order valence-electron chi connectivity index (χ1n) is 11.1. The zero-order valence-electron chi connectivity index (χ0n) is 19.7. The third-order valence-electron chi connectivity index (χ3n) is 5.47. The minimum absolute atomic E-state index is 0.247. The third-order valence-corrected chi connectivity index (χ3v) is 6.65. The van der Waals surface area contributed by atoms with E-state index in [4.69, 9.17) is 9.47 Å². The zero-order chi connectivity index (χ0) is 24.8. The fraction of sp³-hybridized carbons (Fsp3) is 0.231. The monoisotopic (exact) mass is 490 g/mol. The van der Waals surface area contributed by atoms with E-state index in [-0.39, 0.29) is 11.5 Å². The summed E-state index contributed by atoms with van der Waals surface area (Å²) in [4.78, 5) is 11.2. The lowest BCUT2D eigenvalue weighted by Gasteiger charge is -2.15. The van der Waals surface area contributed by atoms with Crippen molar-refractivity contribution in [3.63, 3.8) is 0 Å². The molecular weight excluding hydrogens is 464 g/mol. The fourth-order valence-corrected chi connectivity index (χ4v) is 4.73. The average molecular weight is 491 g/mol. The van der Waals surface area contributed by atoms with Crippen LogP contribution in [0.4, 0.5) is 0 Å². The van der Waals surface area contributed by atoms with E-state index in [1.165, 1.54) is 17.3 Å². The highest BCUT2D eigenvalue weighted by Gasteiger charge is 2.24. The molecule has 1 atom stereocenters. The molecule has 35 heavy (non-hydrogen) atoms. The summed E-state index contributed by atoms with van der Waals surface area (Å²) in [6.45, 7) is 4.10. The largest absolute Gasteiger partial charge is 0.497 e. The summed E-state index contributed by atoms with van der Waals surface area (Å²) in [6, 6.07) is 23.1. The summed E-state index contributed by atoms with van der Waals surface area (Å²) < 4.78 is 13.0. The summed E-state index contributed by atoms with van der Waals surface area (Å²) in [6.07, 6.45) is 0. The normalized spacial score (nSPS) is 11.7. The van der Waals surface area contributed by atoms with Gasteiger partial charge in [-0.25, -0.2) is 0 Å². The minimum Gasteiger partial charge on any atom is -0.497 e. The van der Waals surface area contributed by atoms with Gasteiger partial charge in [-0.15, -0.1) is 10.2 Å². The van der Waals surface area contributed by atoms with Crippen LogP contribution in [0.3, 0.4) is 0 Å². The van der Waals surface area contributed by atoms with Gasteiger partial charge in [-0.05, 0) is 61.4 Å². The number of thioether (sulfide) groups is 1. The number of nitrogens with zero attached hydrogens (tertiary/aromatic N) is 4. The van der Waals surface area contributed by atoms with Gasteiger partial charge in [-0.2, -0.15) is 0 Å². The van der Waals surface area contributed by atoms with Gasteiger partial charge in [0.2, 0.25) is 6.54 Å². The van der Waals surface area contributed by atoms with Gasteiger partial charge in [0.25, 0.3) is 0 Å². The van der Waals surface area contributed by atoms with Crippen molar-refractivity contribution in [2.24, 2.45) is 0 Å². The van der Waals surface area contributed by atoms with Crippen LogP contribution in [0.2, 0.25) is 0 Å². The number of benzene rings is 3. The molecule has 0 amide bonds. The van der Waals surface area contributed by atoms with E-state index in [2.05, 4.69) is 10.2 Å². The quantitative estimate of drug-likeness (QED) is 0.163. The van der Waals surface area contributed by atoms with Crippen molar-refractivity contribution in [2.45, 2.75) is 30.9 Å². The Morgan fingerprint density at radius 3 is 2.23 bits per heavy atom. The van der Waals surface area contributed by atoms with Gasteiger partial charge in [0.15, 0.2) is 5.16 Å². The molecule has 0 aliphatic rings. The zero-order valence-corrected chi connectivity index (χ0v) is 20.6. The average Bonchev–Trinajstić information content (AvgIpc) is 3.23. The van der Waals surface area contributed by atoms with Gasteiger partial charge in [0.05, 0.1) is 7.11 Å². The Labute approximate surface area is 208 Å². The van der Waals surface area contributed by atoms with Crippen LogP contribution < -0.4 is 9.47 Å². The minimum atomic E-state index is -0.447. The Hall–Kier alpha value is -3.85. The molecule has 180 valence electrons. The lowest BCUT2D eigenvalue weighted by atomic mass is 10.1. The van der Waals surface area contributed by atoms with E-state index in [1.54, 1.807) is 7.11 Å². The predicted octanol–water partition coefficient (Wildman–Crippen LogP) is 5.58. The number of aromatic nitrogens is 3. The summed E-state index contributed by atoms with van der Waals surface area (Å²) >= 11 is 1.32. The molecule has 4 aromatic rings. The van der Waals surface area contributed by atoms with Crippen LogP contribution in [-0.2, 0) is 6.61 Å². The number of methoxy groups -OCH3 is 1. The van der Waals surface area contributed by atoms with E-state index >= 15 is 0 Å². The van der Waals surface area contributed by atoms with E-state index in [0.717, 1.165) is 22.6 Å². The van der Waals surface area contributed by atoms with E-state index in [0.29, 0.717) is 23.3 Å². The highest BCUT2D eigenvalue weighted by atomic mass is 32.2. The van der Waals surface area contributed by atoms with E-state index < -0.39 is 5.25 Å². The van der Waals surface area contributed by atoms with Gasteiger partial charge >= 0.3 is 0 Å². The molecule has 0 saturated heterocycles. The Kier molecular flexibility index (Phi) is 7.67. The molecule has 1 heterocycles. The van der Waals surface area contributed by atoms with Crippen LogP contribution in [0.5, 0.6) is 11.5 Å². The van der Waals surface area contributed by atoms with Gasteiger partial charge in [-0.1, -0.05) is 53.7 Å². The van der Waals surface area contributed by atoms with Crippen molar-refractivity contribution in [3.05, 3.63) is 105 Å². The SMILES string of the molecule is COc1ccc(-n2c(C)nnc2S[C@@H](C[N+](=O)[O-])c2ccc(OCc3ccc(C)cc3)cc2)cc1. The van der Waals surface area contributed by atoms with Crippen LogP contribution in [-0.4, -0.2) is 33.3 Å². The Bertz CT molecular complexity index is 1270. The van der Waals surface area contributed by atoms with Crippen LogP contribution >= 0.6 is 11.8 Å². The van der Waals surface area contributed by atoms with Crippen molar-refractivity contribution >= 4 is 11.8 Å². The highest BCUT2D eigenvalue weighted by Crippen LogP contribution is 2.36. The van der Waals surface area contributed by atoms with Gasteiger partial charge in [-0.3, -0.25) is 14.7 Å².